The van der Waals surface area contributed by atoms with Gasteiger partial charge in [0, 0.05) is 5.70 Å². The SMILES string of the molecule is Cc1ccc(S(=O)(=O)N[C@@H](CC2(C(=O)[C@@H]3CCCN3)C=CC(NC(=O)c3ccccc3C(F)(F)F)=CC2)C(=O)O)cc1. The molecule has 3 atom stereocenters. The molecule has 2 aromatic carbocycles. The van der Waals surface area contributed by atoms with Gasteiger partial charge in [0.05, 0.1) is 27.5 Å². The van der Waals surface area contributed by atoms with Gasteiger partial charge in [-0.1, -0.05) is 42.0 Å². The van der Waals surface area contributed by atoms with Crippen LogP contribution in [0.2, 0.25) is 0 Å². The number of Topliss-reactive ketones (excluding diaryl/α,β-unsaturated/α-hetero) is 1. The van der Waals surface area contributed by atoms with Crippen molar-refractivity contribution in [1.82, 2.24) is 15.4 Å². The van der Waals surface area contributed by atoms with Gasteiger partial charge in [-0.25, -0.2) is 8.42 Å². The van der Waals surface area contributed by atoms with Gasteiger partial charge in [-0.15, -0.1) is 0 Å². The number of rotatable bonds is 10. The molecule has 1 saturated heterocycles. The number of hydrogen-bond acceptors (Lipinski definition) is 6. The highest BCUT2D eigenvalue weighted by atomic mass is 32.2. The van der Waals surface area contributed by atoms with Crippen LogP contribution in [0.5, 0.6) is 0 Å². The molecule has 0 radical (unpaired) electrons. The number of nitrogens with one attached hydrogen (secondary N) is 3. The summed E-state index contributed by atoms with van der Waals surface area (Å²) >= 11 is 0. The van der Waals surface area contributed by atoms with Gasteiger partial charge in [0.15, 0.2) is 5.78 Å². The maximum atomic E-state index is 13.7. The van der Waals surface area contributed by atoms with Crippen LogP contribution in [0.3, 0.4) is 0 Å². The number of allylic oxidation sites excluding steroid dienone is 3. The molecule has 4 N–H and O–H groups in total. The second-order valence-corrected chi connectivity index (χ2v) is 12.1. The third-order valence-electron chi connectivity index (χ3n) is 7.37. The lowest BCUT2D eigenvalue weighted by Gasteiger charge is -2.35. The highest BCUT2D eigenvalue weighted by Crippen LogP contribution is 2.38. The Hall–Kier alpha value is -3.81. The van der Waals surface area contributed by atoms with Crippen LogP contribution in [0.25, 0.3) is 0 Å². The quantitative estimate of drug-likeness (QED) is 0.324. The second-order valence-electron chi connectivity index (χ2n) is 10.4. The van der Waals surface area contributed by atoms with E-state index in [2.05, 4.69) is 15.4 Å². The molecule has 0 bridgehead atoms. The number of carboxylic acid groups (broad SMARTS) is 1. The first-order valence-electron chi connectivity index (χ1n) is 13.2. The number of aliphatic carboxylic acids is 1. The summed E-state index contributed by atoms with van der Waals surface area (Å²) in [5.41, 5.74) is -2.24. The number of sulfonamides is 1. The summed E-state index contributed by atoms with van der Waals surface area (Å²) in [4.78, 5) is 38.6. The highest BCUT2D eigenvalue weighted by Gasteiger charge is 2.45. The molecule has 1 aliphatic heterocycles. The number of carbonyl (C=O) groups excluding carboxylic acids is 2. The minimum absolute atomic E-state index is 0.117. The first kappa shape index (κ1) is 31.1. The molecule has 1 heterocycles. The van der Waals surface area contributed by atoms with Crippen molar-refractivity contribution in [1.29, 1.82) is 0 Å². The Kier molecular flexibility index (Phi) is 9.04. The molecule has 1 aliphatic carbocycles. The Bertz CT molecular complexity index is 1530. The van der Waals surface area contributed by atoms with Crippen molar-refractivity contribution in [3.8, 4) is 0 Å². The van der Waals surface area contributed by atoms with Gasteiger partial charge in [-0.05, 0) is 69.5 Å². The summed E-state index contributed by atoms with van der Waals surface area (Å²) < 4.78 is 68.4. The van der Waals surface area contributed by atoms with Crippen LogP contribution in [0.1, 0.15) is 47.2 Å². The Labute approximate surface area is 240 Å². The maximum absolute atomic E-state index is 13.7. The molecule has 224 valence electrons. The predicted molar refractivity (Wildman–Crippen MR) is 147 cm³/mol. The van der Waals surface area contributed by atoms with Crippen molar-refractivity contribution in [2.45, 2.75) is 55.8 Å². The van der Waals surface area contributed by atoms with E-state index in [0.29, 0.717) is 19.4 Å². The molecule has 1 unspecified atom stereocenters. The van der Waals surface area contributed by atoms with Crippen LogP contribution in [-0.4, -0.2) is 49.8 Å². The van der Waals surface area contributed by atoms with Crippen LogP contribution < -0.4 is 15.4 Å². The van der Waals surface area contributed by atoms with Gasteiger partial charge in [-0.2, -0.15) is 17.9 Å². The molecule has 4 rings (SSSR count). The molecule has 0 saturated carbocycles. The topological polar surface area (TPSA) is 142 Å². The second kappa shape index (κ2) is 12.2. The van der Waals surface area contributed by atoms with E-state index in [1.807, 2.05) is 0 Å². The Morgan fingerprint density at radius 2 is 1.81 bits per heavy atom. The Balaban J connectivity index is 1.59. The summed E-state index contributed by atoms with van der Waals surface area (Å²) in [6.45, 7) is 2.35. The third kappa shape index (κ3) is 6.97. The minimum atomic E-state index is -4.75. The molecule has 1 amide bonds. The van der Waals surface area contributed by atoms with Gasteiger partial charge in [0.1, 0.15) is 6.04 Å². The average molecular weight is 606 g/mol. The van der Waals surface area contributed by atoms with Crippen LogP contribution in [0.4, 0.5) is 13.2 Å². The average Bonchev–Trinajstić information content (AvgIpc) is 3.48. The van der Waals surface area contributed by atoms with Gasteiger partial charge < -0.3 is 15.7 Å². The first-order chi connectivity index (χ1) is 19.7. The van der Waals surface area contributed by atoms with Crippen molar-refractivity contribution in [3.05, 3.63) is 89.1 Å². The number of ketones is 1. The largest absolute Gasteiger partial charge is 0.480 e. The summed E-state index contributed by atoms with van der Waals surface area (Å²) in [7, 11) is -4.26. The molecule has 2 aliphatic rings. The minimum Gasteiger partial charge on any atom is -0.480 e. The molecule has 13 heteroatoms. The number of carbonyl (C=O) groups is 3. The zero-order valence-electron chi connectivity index (χ0n) is 22.6. The van der Waals surface area contributed by atoms with Crippen molar-refractivity contribution in [2.24, 2.45) is 5.41 Å². The number of benzene rings is 2. The summed E-state index contributed by atoms with van der Waals surface area (Å²) in [6, 6.07) is 7.85. The van der Waals surface area contributed by atoms with Gasteiger partial charge in [-0.3, -0.25) is 14.4 Å². The Morgan fingerprint density at radius 1 is 1.12 bits per heavy atom. The van der Waals surface area contributed by atoms with Crippen molar-refractivity contribution in [2.75, 3.05) is 6.54 Å². The van der Waals surface area contributed by atoms with E-state index in [1.54, 1.807) is 19.1 Å². The standard InChI is InChI=1S/C29H30F3N3O6S/c1-18-8-10-20(11-9-18)42(40,41)35-24(27(38)39)17-28(25(36)23-7-4-16-33-23)14-12-19(13-15-28)34-26(37)21-5-2-3-6-22(21)29(30,31)32/h2-3,5-6,8-14,23-24,33,35H,4,7,15-17H2,1H3,(H,34,37)(H,38,39)/t23-,24-,28?/m0/s1. The molecule has 0 aromatic heterocycles. The molecule has 42 heavy (non-hydrogen) atoms. The van der Waals surface area contributed by atoms with Gasteiger partial charge >= 0.3 is 12.1 Å². The van der Waals surface area contributed by atoms with Gasteiger partial charge in [0.2, 0.25) is 10.0 Å². The maximum Gasteiger partial charge on any atom is 0.417 e. The summed E-state index contributed by atoms with van der Waals surface area (Å²) in [5, 5.41) is 15.5. The van der Waals surface area contributed by atoms with E-state index in [1.165, 1.54) is 42.5 Å². The highest BCUT2D eigenvalue weighted by molar-refractivity contribution is 7.89. The number of amides is 1. The lowest BCUT2D eigenvalue weighted by molar-refractivity contribution is -0.140. The summed E-state index contributed by atoms with van der Waals surface area (Å²) in [5.74, 6) is -2.84. The van der Waals surface area contributed by atoms with Crippen molar-refractivity contribution < 1.29 is 41.1 Å². The molecular weight excluding hydrogens is 575 g/mol. The van der Waals surface area contributed by atoms with Crippen LogP contribution in [0, 0.1) is 12.3 Å². The zero-order valence-corrected chi connectivity index (χ0v) is 23.4. The molecule has 9 nitrogen and oxygen atoms in total. The molecule has 1 fully saturated rings. The molecule has 2 aromatic rings. The van der Waals surface area contributed by atoms with E-state index in [9.17, 15) is 41.1 Å². The van der Waals surface area contributed by atoms with Crippen LogP contribution in [-0.2, 0) is 25.8 Å². The van der Waals surface area contributed by atoms with Crippen LogP contribution >= 0.6 is 0 Å². The molecule has 0 spiro atoms. The van der Waals surface area contributed by atoms with E-state index in [4.69, 9.17) is 0 Å². The normalized spacial score (nSPS) is 21.4. The van der Waals surface area contributed by atoms with E-state index in [-0.39, 0.29) is 22.8 Å². The first-order valence-corrected chi connectivity index (χ1v) is 14.7. The van der Waals surface area contributed by atoms with Crippen molar-refractivity contribution >= 4 is 27.7 Å². The number of aryl methyl sites for hydroxylation is 1. The third-order valence-corrected chi connectivity index (χ3v) is 8.85. The Morgan fingerprint density at radius 3 is 2.38 bits per heavy atom. The van der Waals surface area contributed by atoms with E-state index in [0.717, 1.165) is 17.7 Å². The lowest BCUT2D eigenvalue weighted by Crippen LogP contribution is -2.50. The van der Waals surface area contributed by atoms with Crippen molar-refractivity contribution in [3.63, 3.8) is 0 Å². The smallest absolute Gasteiger partial charge is 0.417 e. The fourth-order valence-electron chi connectivity index (χ4n) is 5.10. The monoisotopic (exact) mass is 605 g/mol. The number of carboxylic acids is 1. The van der Waals surface area contributed by atoms with E-state index < -0.39 is 63.1 Å². The lowest BCUT2D eigenvalue weighted by atomic mass is 9.70. The van der Waals surface area contributed by atoms with Gasteiger partial charge in [0.25, 0.3) is 5.91 Å². The van der Waals surface area contributed by atoms with E-state index >= 15 is 0 Å². The number of halogens is 3. The fourth-order valence-corrected chi connectivity index (χ4v) is 6.29. The predicted octanol–water partition coefficient (Wildman–Crippen LogP) is 3.72. The fraction of sp³-hybridized carbons (Fsp3) is 0.345. The number of alkyl halides is 3. The summed E-state index contributed by atoms with van der Waals surface area (Å²) in [6.07, 6.45) is 0.0705. The van der Waals surface area contributed by atoms with Crippen LogP contribution in [0.15, 0.2) is 77.4 Å². The molecular formula is C29H30F3N3O6S. The zero-order chi connectivity index (χ0) is 30.7. The number of hydrogen-bond donors (Lipinski definition) is 4.